The maximum atomic E-state index is 12.2. The quantitative estimate of drug-likeness (QED) is 0.834. The molecule has 0 radical (unpaired) electrons. The highest BCUT2D eigenvalue weighted by Gasteiger charge is 2.44. The number of hydrogen-bond acceptors (Lipinski definition) is 2. The summed E-state index contributed by atoms with van der Waals surface area (Å²) in [5.74, 6) is 1.80. The molecular formula is C18H25NO2. The number of likely N-dealkylation sites (tertiary alicyclic amines) is 1. The predicted octanol–water partition coefficient (Wildman–Crippen LogP) is 3.38. The van der Waals surface area contributed by atoms with Gasteiger partial charge in [-0.05, 0) is 42.9 Å². The summed E-state index contributed by atoms with van der Waals surface area (Å²) < 4.78 is 5.42. The first-order valence-electron chi connectivity index (χ1n) is 8.04. The third-order valence-corrected chi connectivity index (χ3v) is 5.56. The van der Waals surface area contributed by atoms with Crippen LogP contribution < -0.4 is 4.74 Å². The molecule has 3 nitrogen and oxygen atoms in total. The van der Waals surface area contributed by atoms with Crippen LogP contribution in [0.25, 0.3) is 0 Å². The van der Waals surface area contributed by atoms with E-state index in [9.17, 15) is 4.79 Å². The molecule has 21 heavy (non-hydrogen) atoms. The van der Waals surface area contributed by atoms with E-state index in [0.29, 0.717) is 18.2 Å². The van der Waals surface area contributed by atoms with Crippen LogP contribution in [-0.2, 0) is 10.2 Å². The lowest BCUT2D eigenvalue weighted by atomic mass is 9.61. The average Bonchev–Trinajstić information content (AvgIpc) is 2.66. The second-order valence-electron chi connectivity index (χ2n) is 6.61. The molecule has 2 aliphatic rings. The van der Waals surface area contributed by atoms with Gasteiger partial charge >= 0.3 is 0 Å². The molecule has 1 aromatic rings. The summed E-state index contributed by atoms with van der Waals surface area (Å²) in [6, 6.07) is 8.52. The number of rotatable bonds is 2. The van der Waals surface area contributed by atoms with Crippen molar-refractivity contribution in [2.45, 2.75) is 43.9 Å². The highest BCUT2D eigenvalue weighted by atomic mass is 16.5. The fraction of sp³-hybridized carbons (Fsp3) is 0.611. The van der Waals surface area contributed by atoms with E-state index in [1.165, 1.54) is 31.2 Å². The lowest BCUT2D eigenvalue weighted by Gasteiger charge is -2.44. The first kappa shape index (κ1) is 14.4. The van der Waals surface area contributed by atoms with Gasteiger partial charge in [0.05, 0.1) is 7.11 Å². The molecule has 0 unspecified atom stereocenters. The summed E-state index contributed by atoms with van der Waals surface area (Å²) in [6.07, 6.45) is 6.64. The molecule has 3 heteroatoms. The summed E-state index contributed by atoms with van der Waals surface area (Å²) in [5, 5.41) is 0. The van der Waals surface area contributed by atoms with Crippen molar-refractivity contribution in [3.63, 3.8) is 0 Å². The topological polar surface area (TPSA) is 29.5 Å². The normalized spacial score (nSPS) is 29.7. The van der Waals surface area contributed by atoms with E-state index in [0.717, 1.165) is 18.7 Å². The van der Waals surface area contributed by atoms with Gasteiger partial charge in [-0.2, -0.15) is 0 Å². The van der Waals surface area contributed by atoms with E-state index in [1.807, 2.05) is 18.0 Å². The maximum Gasteiger partial charge on any atom is 0.222 e. The molecule has 1 saturated heterocycles. The number of ether oxygens (including phenoxy) is 1. The van der Waals surface area contributed by atoms with Crippen molar-refractivity contribution in [3.8, 4) is 5.75 Å². The van der Waals surface area contributed by atoms with Crippen LogP contribution in [0.4, 0.5) is 0 Å². The highest BCUT2D eigenvalue weighted by Crippen LogP contribution is 2.49. The van der Waals surface area contributed by atoms with E-state index in [1.54, 1.807) is 7.11 Å². The molecule has 2 atom stereocenters. The molecule has 0 bridgehead atoms. The summed E-state index contributed by atoms with van der Waals surface area (Å²) in [6.45, 7) is 0.899. The minimum absolute atomic E-state index is 0.160. The fourth-order valence-electron chi connectivity index (χ4n) is 4.32. The van der Waals surface area contributed by atoms with Gasteiger partial charge in [0.15, 0.2) is 0 Å². The van der Waals surface area contributed by atoms with Gasteiger partial charge in [-0.25, -0.2) is 0 Å². The summed E-state index contributed by atoms with van der Waals surface area (Å²) in [4.78, 5) is 14.1. The van der Waals surface area contributed by atoms with Crippen molar-refractivity contribution in [2.24, 2.45) is 5.92 Å². The zero-order valence-corrected chi connectivity index (χ0v) is 13.1. The Morgan fingerprint density at radius 1 is 1.29 bits per heavy atom. The monoisotopic (exact) mass is 287 g/mol. The van der Waals surface area contributed by atoms with Crippen LogP contribution in [0, 0.1) is 5.92 Å². The Kier molecular flexibility index (Phi) is 3.92. The molecule has 1 amide bonds. The molecule has 1 saturated carbocycles. The third kappa shape index (κ3) is 2.54. The van der Waals surface area contributed by atoms with Gasteiger partial charge in [0.2, 0.25) is 5.91 Å². The standard InChI is InChI=1S/C18H25NO2/c1-19-13-15-6-3-4-10-18(15,11-9-17(19)20)14-7-5-8-16(12-14)21-2/h5,7-8,12,15H,3-4,6,9-11,13H2,1-2H3/t15-,18-/m0/s1. The number of benzene rings is 1. The minimum Gasteiger partial charge on any atom is -0.497 e. The molecule has 1 aromatic carbocycles. The van der Waals surface area contributed by atoms with Crippen LogP contribution in [0.15, 0.2) is 24.3 Å². The molecule has 1 aliphatic carbocycles. The van der Waals surface area contributed by atoms with Gasteiger partial charge in [-0.15, -0.1) is 0 Å². The predicted molar refractivity (Wildman–Crippen MR) is 83.5 cm³/mol. The van der Waals surface area contributed by atoms with Crippen LogP contribution in [0.5, 0.6) is 5.75 Å². The van der Waals surface area contributed by atoms with Gasteiger partial charge in [0.1, 0.15) is 5.75 Å². The van der Waals surface area contributed by atoms with E-state index < -0.39 is 0 Å². The number of fused-ring (bicyclic) bond motifs is 1. The molecule has 0 aromatic heterocycles. The number of carbonyl (C=O) groups is 1. The van der Waals surface area contributed by atoms with Crippen LogP contribution in [-0.4, -0.2) is 31.5 Å². The number of methoxy groups -OCH3 is 1. The SMILES string of the molecule is COc1cccc([C@@]23CCCC[C@H]2CN(C)C(=O)CC3)c1. The molecule has 0 spiro atoms. The van der Waals surface area contributed by atoms with Crippen LogP contribution in [0.2, 0.25) is 0 Å². The van der Waals surface area contributed by atoms with E-state index >= 15 is 0 Å². The largest absolute Gasteiger partial charge is 0.497 e. The molecule has 3 rings (SSSR count). The number of carbonyl (C=O) groups excluding carboxylic acids is 1. The van der Waals surface area contributed by atoms with Gasteiger partial charge in [-0.3, -0.25) is 4.79 Å². The van der Waals surface area contributed by atoms with Gasteiger partial charge in [0, 0.05) is 25.4 Å². The van der Waals surface area contributed by atoms with Crippen molar-refractivity contribution >= 4 is 5.91 Å². The molecule has 0 N–H and O–H groups in total. The number of hydrogen-bond donors (Lipinski definition) is 0. The second-order valence-corrected chi connectivity index (χ2v) is 6.61. The highest BCUT2D eigenvalue weighted by molar-refractivity contribution is 5.76. The summed E-state index contributed by atoms with van der Waals surface area (Å²) in [7, 11) is 3.68. The molecule has 2 fully saturated rings. The second kappa shape index (κ2) is 5.70. The fourth-order valence-corrected chi connectivity index (χ4v) is 4.32. The zero-order valence-electron chi connectivity index (χ0n) is 13.1. The van der Waals surface area contributed by atoms with Gasteiger partial charge in [-0.1, -0.05) is 25.0 Å². The summed E-state index contributed by atoms with van der Waals surface area (Å²) in [5.41, 5.74) is 1.53. The zero-order chi connectivity index (χ0) is 14.9. The van der Waals surface area contributed by atoms with Crippen molar-refractivity contribution in [2.75, 3.05) is 20.7 Å². The Morgan fingerprint density at radius 2 is 2.14 bits per heavy atom. The van der Waals surface area contributed by atoms with Crippen molar-refractivity contribution < 1.29 is 9.53 Å². The Hall–Kier alpha value is -1.51. The first-order chi connectivity index (χ1) is 10.2. The number of amides is 1. The number of nitrogens with zero attached hydrogens (tertiary/aromatic N) is 1. The molecular weight excluding hydrogens is 262 g/mol. The maximum absolute atomic E-state index is 12.2. The van der Waals surface area contributed by atoms with Crippen molar-refractivity contribution in [1.29, 1.82) is 0 Å². The first-order valence-corrected chi connectivity index (χ1v) is 8.04. The van der Waals surface area contributed by atoms with E-state index in [-0.39, 0.29) is 5.41 Å². The Morgan fingerprint density at radius 3 is 2.95 bits per heavy atom. The lowest BCUT2D eigenvalue weighted by molar-refractivity contribution is -0.129. The third-order valence-electron chi connectivity index (χ3n) is 5.56. The van der Waals surface area contributed by atoms with Crippen LogP contribution >= 0.6 is 0 Å². The molecule has 1 aliphatic heterocycles. The smallest absolute Gasteiger partial charge is 0.222 e. The lowest BCUT2D eigenvalue weighted by Crippen LogP contribution is -2.41. The van der Waals surface area contributed by atoms with E-state index in [2.05, 4.69) is 18.2 Å². The van der Waals surface area contributed by atoms with Gasteiger partial charge < -0.3 is 9.64 Å². The Balaban J connectivity index is 2.02. The van der Waals surface area contributed by atoms with Crippen molar-refractivity contribution in [3.05, 3.63) is 29.8 Å². The molecule has 1 heterocycles. The van der Waals surface area contributed by atoms with E-state index in [4.69, 9.17) is 4.74 Å². The van der Waals surface area contributed by atoms with Crippen molar-refractivity contribution in [1.82, 2.24) is 4.90 Å². The van der Waals surface area contributed by atoms with Crippen LogP contribution in [0.1, 0.15) is 44.1 Å². The minimum atomic E-state index is 0.160. The van der Waals surface area contributed by atoms with Gasteiger partial charge in [0.25, 0.3) is 0 Å². The molecule has 114 valence electrons. The summed E-state index contributed by atoms with van der Waals surface area (Å²) >= 11 is 0. The average molecular weight is 287 g/mol. The Labute approximate surface area is 127 Å². The van der Waals surface area contributed by atoms with Crippen LogP contribution in [0.3, 0.4) is 0 Å². The Bertz CT molecular complexity index is 528.